The van der Waals surface area contributed by atoms with Gasteiger partial charge in [-0.1, -0.05) is 50.7 Å². The number of ketones is 1. The second-order valence-corrected chi connectivity index (χ2v) is 13.7. The minimum Gasteiger partial charge on any atom is -0.323 e. The fourth-order valence-electron chi connectivity index (χ4n) is 9.75. The quantitative estimate of drug-likeness (QED) is 0.426. The molecule has 2 aliphatic carbocycles. The number of piperidine rings is 3. The number of imidazole rings is 1. The van der Waals surface area contributed by atoms with Gasteiger partial charge in [-0.25, -0.2) is 4.98 Å². The molecule has 3 aliphatic heterocycles. The Bertz CT molecular complexity index is 1110. The van der Waals surface area contributed by atoms with Crippen LogP contribution in [0.15, 0.2) is 24.3 Å². The zero-order valence-corrected chi connectivity index (χ0v) is 23.6. The molecule has 5 aliphatic rings. The summed E-state index contributed by atoms with van der Waals surface area (Å²) >= 11 is 0. The third-order valence-electron chi connectivity index (χ3n) is 11.1. The van der Waals surface area contributed by atoms with E-state index in [1.165, 1.54) is 101 Å². The highest BCUT2D eigenvalue weighted by Gasteiger charge is 2.45. The molecule has 5 nitrogen and oxygen atoms in total. The predicted molar refractivity (Wildman–Crippen MR) is 153 cm³/mol. The molecule has 0 N–H and O–H groups in total. The number of hydrogen-bond donors (Lipinski definition) is 0. The highest BCUT2D eigenvalue weighted by atomic mass is 16.1. The van der Waals surface area contributed by atoms with Gasteiger partial charge in [-0.2, -0.15) is 0 Å². The van der Waals surface area contributed by atoms with E-state index in [4.69, 9.17) is 4.98 Å². The first kappa shape index (κ1) is 25.3. The van der Waals surface area contributed by atoms with Crippen molar-refractivity contribution < 1.29 is 4.79 Å². The Kier molecular flexibility index (Phi) is 7.11. The molecule has 2 aromatic rings. The van der Waals surface area contributed by atoms with Gasteiger partial charge in [0.1, 0.15) is 11.6 Å². The van der Waals surface area contributed by atoms with Gasteiger partial charge >= 0.3 is 0 Å². The van der Waals surface area contributed by atoms with Gasteiger partial charge in [-0.3, -0.25) is 14.6 Å². The van der Waals surface area contributed by atoms with E-state index in [1.807, 2.05) is 0 Å². The zero-order valence-electron chi connectivity index (χ0n) is 23.6. The van der Waals surface area contributed by atoms with Crippen molar-refractivity contribution in [3.8, 4) is 0 Å². The van der Waals surface area contributed by atoms with Crippen LogP contribution in [0.1, 0.15) is 121 Å². The number of nitrogens with zero attached hydrogens (tertiary/aromatic N) is 4. The third kappa shape index (κ3) is 4.76. The number of Topliss-reactive ketones (excluding diaryl/α,β-unsaturated/α-hetero) is 1. The lowest BCUT2D eigenvalue weighted by atomic mass is 9.73. The fourth-order valence-corrected chi connectivity index (χ4v) is 9.75. The normalized spacial score (nSPS) is 36.7. The molecular formula is C33H48N4O. The Morgan fingerprint density at radius 2 is 1.50 bits per heavy atom. The van der Waals surface area contributed by atoms with E-state index in [-0.39, 0.29) is 11.8 Å². The summed E-state index contributed by atoms with van der Waals surface area (Å²) in [5, 5.41) is 0. The Morgan fingerprint density at radius 3 is 2.24 bits per heavy atom. The maximum absolute atomic E-state index is 12.2. The lowest BCUT2D eigenvalue weighted by molar-refractivity contribution is -0.119. The molecular weight excluding hydrogens is 468 g/mol. The largest absolute Gasteiger partial charge is 0.323 e. The first-order valence-electron chi connectivity index (χ1n) is 16.1. The highest BCUT2D eigenvalue weighted by Crippen LogP contribution is 2.48. The molecule has 1 aromatic carbocycles. The van der Waals surface area contributed by atoms with Crippen molar-refractivity contribution in [1.29, 1.82) is 0 Å². The molecule has 206 valence electrons. The van der Waals surface area contributed by atoms with Crippen LogP contribution in [-0.4, -0.2) is 56.3 Å². The highest BCUT2D eigenvalue weighted by molar-refractivity contribution is 5.78. The summed E-state index contributed by atoms with van der Waals surface area (Å²) in [6, 6.07) is 11.9. The number of benzene rings is 1. The summed E-state index contributed by atoms with van der Waals surface area (Å²) in [5.74, 6) is 3.49. The van der Waals surface area contributed by atoms with Gasteiger partial charge in [0.15, 0.2) is 0 Å². The molecule has 7 atom stereocenters. The lowest BCUT2D eigenvalue weighted by Crippen LogP contribution is -2.58. The maximum Gasteiger partial charge on any atom is 0.143 e. The number of carbonyl (C=O) groups excluding carboxylic acids is 1. The van der Waals surface area contributed by atoms with Gasteiger partial charge in [0.25, 0.3) is 0 Å². The van der Waals surface area contributed by atoms with Crippen LogP contribution in [0.2, 0.25) is 0 Å². The number of para-hydroxylation sites is 2. The number of fused-ring (bicyclic) bond motifs is 5. The maximum atomic E-state index is 12.2. The summed E-state index contributed by atoms with van der Waals surface area (Å²) < 4.78 is 2.68. The van der Waals surface area contributed by atoms with E-state index < -0.39 is 0 Å². The predicted octanol–water partition coefficient (Wildman–Crippen LogP) is 7.07. The van der Waals surface area contributed by atoms with Crippen LogP contribution in [0.25, 0.3) is 11.0 Å². The monoisotopic (exact) mass is 516 g/mol. The van der Waals surface area contributed by atoms with Crippen LogP contribution in [-0.2, 0) is 4.79 Å². The molecule has 7 rings (SSSR count). The molecule has 4 bridgehead atoms. The SMILES string of the molecule is CC(=O)CN1CCCC[C@@H]1c1nc2ccccc2n1[C@H]1C[C@H]2CCC[C@@H](C1)N2[C@@H]1C[C@@H]2CCCC[C@@H](C2)C1. The van der Waals surface area contributed by atoms with E-state index in [9.17, 15) is 4.79 Å². The van der Waals surface area contributed by atoms with Crippen LogP contribution >= 0.6 is 0 Å². The smallest absolute Gasteiger partial charge is 0.143 e. The molecule has 3 saturated heterocycles. The number of carbonyl (C=O) groups is 1. The first-order chi connectivity index (χ1) is 18.6. The van der Waals surface area contributed by atoms with E-state index in [0.717, 1.165) is 48.4 Å². The van der Waals surface area contributed by atoms with Crippen LogP contribution in [0.5, 0.6) is 0 Å². The van der Waals surface area contributed by atoms with Gasteiger partial charge in [0.05, 0.1) is 23.6 Å². The van der Waals surface area contributed by atoms with E-state index in [1.54, 1.807) is 6.92 Å². The van der Waals surface area contributed by atoms with E-state index in [2.05, 4.69) is 38.6 Å². The Morgan fingerprint density at radius 1 is 0.789 bits per heavy atom. The molecule has 5 fully saturated rings. The number of likely N-dealkylation sites (tertiary alicyclic amines) is 1. The molecule has 4 heterocycles. The summed E-state index contributed by atoms with van der Waals surface area (Å²) in [7, 11) is 0. The topological polar surface area (TPSA) is 41.4 Å². The van der Waals surface area contributed by atoms with Crippen molar-refractivity contribution >= 4 is 16.8 Å². The van der Waals surface area contributed by atoms with Crippen molar-refractivity contribution in [3.05, 3.63) is 30.1 Å². The molecule has 2 saturated carbocycles. The molecule has 5 heteroatoms. The van der Waals surface area contributed by atoms with Gasteiger partial charge in [-0.05, 0) is 95.2 Å². The molecule has 38 heavy (non-hydrogen) atoms. The van der Waals surface area contributed by atoms with Crippen molar-refractivity contribution in [2.24, 2.45) is 11.8 Å². The zero-order chi connectivity index (χ0) is 25.6. The molecule has 0 radical (unpaired) electrons. The number of hydrogen-bond acceptors (Lipinski definition) is 4. The minimum absolute atomic E-state index is 0.263. The lowest BCUT2D eigenvalue weighted by Gasteiger charge is -2.55. The number of rotatable bonds is 5. The Labute approximate surface area is 229 Å². The third-order valence-corrected chi connectivity index (χ3v) is 11.1. The standard InChI is InChI=1S/C33H48N4O/c1-23(38)22-35-16-7-6-15-32(35)33-34-30-13-4-5-14-31(30)37(33)29-20-26-11-8-12-27(21-29)36(26)28-18-24-9-2-3-10-25(17-24)19-28/h4-5,13-14,24-29,32H,2-3,6-12,15-22H2,1H3/t24-,25+,26-,27+,28-,29+,32-/m1/s1. The molecule has 1 aromatic heterocycles. The van der Waals surface area contributed by atoms with Gasteiger partial charge in [0.2, 0.25) is 0 Å². The summed E-state index contributed by atoms with van der Waals surface area (Å²) in [5.41, 5.74) is 2.45. The van der Waals surface area contributed by atoms with Crippen LogP contribution in [0.3, 0.4) is 0 Å². The second-order valence-electron chi connectivity index (χ2n) is 13.7. The Hall–Kier alpha value is -1.72. The average Bonchev–Trinajstić information content (AvgIpc) is 3.21. The van der Waals surface area contributed by atoms with Crippen LogP contribution in [0.4, 0.5) is 0 Å². The fraction of sp³-hybridized carbons (Fsp3) is 0.758. The van der Waals surface area contributed by atoms with E-state index in [0.29, 0.717) is 12.6 Å². The van der Waals surface area contributed by atoms with Gasteiger partial charge < -0.3 is 4.57 Å². The van der Waals surface area contributed by atoms with Gasteiger partial charge in [0, 0.05) is 24.2 Å². The van der Waals surface area contributed by atoms with E-state index >= 15 is 0 Å². The Balaban J connectivity index is 1.20. The van der Waals surface area contributed by atoms with Crippen molar-refractivity contribution in [1.82, 2.24) is 19.4 Å². The minimum atomic E-state index is 0.263. The second kappa shape index (κ2) is 10.7. The van der Waals surface area contributed by atoms with Crippen LogP contribution < -0.4 is 0 Å². The molecule has 0 unspecified atom stereocenters. The van der Waals surface area contributed by atoms with Crippen molar-refractivity contribution in [2.75, 3.05) is 13.1 Å². The van der Waals surface area contributed by atoms with Gasteiger partial charge in [-0.15, -0.1) is 0 Å². The summed E-state index contributed by atoms with van der Waals surface area (Å²) in [6.45, 7) is 3.32. The van der Waals surface area contributed by atoms with Crippen LogP contribution in [0, 0.1) is 11.8 Å². The van der Waals surface area contributed by atoms with Crippen molar-refractivity contribution in [3.63, 3.8) is 0 Å². The van der Waals surface area contributed by atoms with Crippen molar-refractivity contribution in [2.45, 2.75) is 133 Å². The molecule has 0 amide bonds. The summed E-state index contributed by atoms with van der Waals surface area (Å²) in [4.78, 5) is 23.0. The molecule has 0 spiro atoms. The first-order valence-corrected chi connectivity index (χ1v) is 16.1. The number of aromatic nitrogens is 2. The summed E-state index contributed by atoms with van der Waals surface area (Å²) in [6.07, 6.45) is 20.6. The average molecular weight is 517 g/mol.